The van der Waals surface area contributed by atoms with Gasteiger partial charge < -0.3 is 10.4 Å². The quantitative estimate of drug-likeness (QED) is 0.373. The standard InChI is InChI=1S/C37H53NO2/c1-23(2)26-15-20-37(38-8)22-21-35(6)28(31(26)37)13-14-30-34(5)18-16-27(24-9-11-25(12-10-24)32(39)40)33(3,4)29(34)17-19-36(30,35)7/h9-12,16,26,28-31,38H,1,13-15,17-22H2,2-8H3,(H,39,40). The van der Waals surface area contributed by atoms with Crippen LogP contribution in [-0.4, -0.2) is 23.7 Å². The molecule has 4 saturated carbocycles. The highest BCUT2D eigenvalue weighted by molar-refractivity contribution is 5.88. The number of aromatic carboxylic acids is 1. The van der Waals surface area contributed by atoms with E-state index in [2.05, 4.69) is 66.6 Å². The Morgan fingerprint density at radius 3 is 2.23 bits per heavy atom. The summed E-state index contributed by atoms with van der Waals surface area (Å²) in [5.74, 6) is 2.67. The van der Waals surface area contributed by atoms with Crippen LogP contribution in [0, 0.1) is 51.2 Å². The van der Waals surface area contributed by atoms with Crippen molar-refractivity contribution in [3.05, 3.63) is 53.6 Å². The van der Waals surface area contributed by atoms with Crippen LogP contribution in [0.1, 0.15) is 115 Å². The highest BCUT2D eigenvalue weighted by atomic mass is 16.4. The summed E-state index contributed by atoms with van der Waals surface area (Å²) < 4.78 is 0. The van der Waals surface area contributed by atoms with Crippen molar-refractivity contribution in [3.63, 3.8) is 0 Å². The molecule has 0 radical (unpaired) electrons. The zero-order valence-electron chi connectivity index (χ0n) is 26.2. The van der Waals surface area contributed by atoms with Crippen molar-refractivity contribution in [3.8, 4) is 0 Å². The molecule has 1 aromatic rings. The Labute approximate surface area is 243 Å². The van der Waals surface area contributed by atoms with Gasteiger partial charge in [0.15, 0.2) is 0 Å². The van der Waals surface area contributed by atoms with Gasteiger partial charge in [-0.25, -0.2) is 4.79 Å². The van der Waals surface area contributed by atoms with Gasteiger partial charge in [-0.1, -0.05) is 65.0 Å². The summed E-state index contributed by atoms with van der Waals surface area (Å²) in [5.41, 5.74) is 5.77. The topological polar surface area (TPSA) is 49.3 Å². The molecule has 3 nitrogen and oxygen atoms in total. The predicted molar refractivity (Wildman–Crippen MR) is 165 cm³/mol. The van der Waals surface area contributed by atoms with E-state index in [0.717, 1.165) is 24.2 Å². The second kappa shape index (κ2) is 9.06. The van der Waals surface area contributed by atoms with E-state index < -0.39 is 5.97 Å². The fraction of sp³-hybridized carbons (Fsp3) is 0.703. The maximum absolute atomic E-state index is 11.5. The molecule has 0 saturated heterocycles. The number of allylic oxidation sites excluding steroid dienone is 3. The summed E-state index contributed by atoms with van der Waals surface area (Å²) in [4.78, 5) is 11.5. The normalized spacial score (nSPS) is 45.4. The molecule has 1 aromatic carbocycles. The molecule has 0 aromatic heterocycles. The fourth-order valence-corrected chi connectivity index (χ4v) is 12.5. The van der Waals surface area contributed by atoms with Crippen molar-refractivity contribution < 1.29 is 9.90 Å². The molecule has 5 aliphatic carbocycles. The highest BCUT2D eigenvalue weighted by Crippen LogP contribution is 2.76. The van der Waals surface area contributed by atoms with E-state index in [0.29, 0.717) is 33.8 Å². The lowest BCUT2D eigenvalue weighted by molar-refractivity contribution is -0.219. The first-order chi connectivity index (χ1) is 18.7. The highest BCUT2D eigenvalue weighted by Gasteiger charge is 2.70. The Hall–Kier alpha value is -1.87. The van der Waals surface area contributed by atoms with Crippen LogP contribution < -0.4 is 5.32 Å². The van der Waals surface area contributed by atoms with Gasteiger partial charge in [0.25, 0.3) is 0 Å². The fourth-order valence-electron chi connectivity index (χ4n) is 12.5. The van der Waals surface area contributed by atoms with Gasteiger partial charge >= 0.3 is 5.97 Å². The summed E-state index contributed by atoms with van der Waals surface area (Å²) in [6, 6.07) is 7.62. The lowest BCUT2D eigenvalue weighted by atomic mass is 9.33. The smallest absolute Gasteiger partial charge is 0.335 e. The maximum atomic E-state index is 11.5. The number of hydrogen-bond donors (Lipinski definition) is 2. The number of carboxylic acid groups (broad SMARTS) is 1. The van der Waals surface area contributed by atoms with Gasteiger partial charge in [-0.15, -0.1) is 0 Å². The van der Waals surface area contributed by atoms with Crippen molar-refractivity contribution in [1.82, 2.24) is 5.32 Å². The molecule has 218 valence electrons. The first-order valence-electron chi connectivity index (χ1n) is 16.1. The number of rotatable bonds is 4. The molecular weight excluding hydrogens is 490 g/mol. The van der Waals surface area contributed by atoms with Crippen molar-refractivity contribution in [1.29, 1.82) is 0 Å². The molecule has 0 heterocycles. The number of carboxylic acids is 1. The third-order valence-corrected chi connectivity index (χ3v) is 14.6. The number of benzene rings is 1. The third kappa shape index (κ3) is 3.55. The van der Waals surface area contributed by atoms with Gasteiger partial charge in [-0.05, 0) is 146 Å². The lowest BCUT2D eigenvalue weighted by Crippen LogP contribution is -2.67. The van der Waals surface area contributed by atoms with Crippen LogP contribution in [0.15, 0.2) is 42.5 Å². The van der Waals surface area contributed by atoms with E-state index in [9.17, 15) is 9.90 Å². The van der Waals surface area contributed by atoms with E-state index in [1.165, 1.54) is 68.1 Å². The zero-order chi connectivity index (χ0) is 28.9. The summed E-state index contributed by atoms with van der Waals surface area (Å²) >= 11 is 0. The monoisotopic (exact) mass is 543 g/mol. The SMILES string of the molecule is C=C(C)C1CCC2(NC)CCC3(C)C(CCC4C5(C)CC=C(c6ccc(C(=O)O)cc6)C(C)(C)C5CCC43C)C12. The largest absolute Gasteiger partial charge is 0.478 e. The summed E-state index contributed by atoms with van der Waals surface area (Å²) in [6.45, 7) is 19.9. The van der Waals surface area contributed by atoms with Gasteiger partial charge in [0, 0.05) is 5.54 Å². The third-order valence-electron chi connectivity index (χ3n) is 14.6. The van der Waals surface area contributed by atoms with Crippen LogP contribution in [0.2, 0.25) is 0 Å². The maximum Gasteiger partial charge on any atom is 0.335 e. The molecule has 9 unspecified atom stereocenters. The Bertz CT molecular complexity index is 1240. The average molecular weight is 544 g/mol. The zero-order valence-corrected chi connectivity index (χ0v) is 26.2. The molecule has 0 bridgehead atoms. The molecule has 6 rings (SSSR count). The predicted octanol–water partition coefficient (Wildman–Crippen LogP) is 9.01. The minimum Gasteiger partial charge on any atom is -0.478 e. The van der Waals surface area contributed by atoms with Gasteiger partial charge in [-0.3, -0.25) is 0 Å². The van der Waals surface area contributed by atoms with Crippen molar-refractivity contribution in [2.45, 2.75) is 105 Å². The van der Waals surface area contributed by atoms with Gasteiger partial charge in [0.2, 0.25) is 0 Å². The Balaban J connectivity index is 1.36. The molecule has 2 N–H and O–H groups in total. The van der Waals surface area contributed by atoms with Crippen molar-refractivity contribution in [2.75, 3.05) is 7.05 Å². The van der Waals surface area contributed by atoms with Crippen LogP contribution in [0.25, 0.3) is 5.57 Å². The van der Waals surface area contributed by atoms with E-state index in [-0.39, 0.29) is 10.8 Å². The van der Waals surface area contributed by atoms with Crippen LogP contribution in [0.5, 0.6) is 0 Å². The molecule has 0 spiro atoms. The number of fused-ring (bicyclic) bond motifs is 7. The van der Waals surface area contributed by atoms with Crippen molar-refractivity contribution >= 4 is 11.5 Å². The molecule has 5 aliphatic rings. The number of carbonyl (C=O) groups is 1. The molecule has 40 heavy (non-hydrogen) atoms. The number of hydrogen-bond acceptors (Lipinski definition) is 2. The van der Waals surface area contributed by atoms with Crippen LogP contribution in [-0.2, 0) is 0 Å². The minimum atomic E-state index is -0.853. The van der Waals surface area contributed by atoms with Crippen LogP contribution in [0.4, 0.5) is 0 Å². The average Bonchev–Trinajstić information content (AvgIpc) is 3.29. The minimum absolute atomic E-state index is 0.0567. The van der Waals surface area contributed by atoms with Gasteiger partial charge in [0.1, 0.15) is 0 Å². The number of nitrogens with one attached hydrogen (secondary N) is 1. The van der Waals surface area contributed by atoms with Crippen molar-refractivity contribution in [2.24, 2.45) is 51.2 Å². The van der Waals surface area contributed by atoms with Crippen LogP contribution in [0.3, 0.4) is 0 Å². The summed E-state index contributed by atoms with van der Waals surface area (Å²) in [6.07, 6.45) is 14.3. The summed E-state index contributed by atoms with van der Waals surface area (Å²) in [5, 5.41) is 13.3. The lowest BCUT2D eigenvalue weighted by Gasteiger charge is -2.72. The Morgan fingerprint density at radius 2 is 1.60 bits per heavy atom. The molecule has 4 fully saturated rings. The van der Waals surface area contributed by atoms with Gasteiger partial charge in [-0.2, -0.15) is 0 Å². The van der Waals surface area contributed by atoms with E-state index >= 15 is 0 Å². The second-order valence-electron chi connectivity index (χ2n) is 16.0. The second-order valence-corrected chi connectivity index (χ2v) is 16.0. The molecule has 3 heteroatoms. The van der Waals surface area contributed by atoms with E-state index in [1.807, 2.05) is 12.1 Å². The van der Waals surface area contributed by atoms with Gasteiger partial charge in [0.05, 0.1) is 5.56 Å². The molecule has 0 aliphatic heterocycles. The van der Waals surface area contributed by atoms with E-state index in [4.69, 9.17) is 0 Å². The van der Waals surface area contributed by atoms with Crippen LogP contribution >= 0.6 is 0 Å². The first-order valence-corrected chi connectivity index (χ1v) is 16.1. The molecular formula is C37H53NO2. The van der Waals surface area contributed by atoms with E-state index in [1.54, 1.807) is 12.1 Å². The molecule has 0 amide bonds. The molecule has 9 atom stereocenters. The Morgan fingerprint density at radius 1 is 0.900 bits per heavy atom. The first kappa shape index (κ1) is 28.3. The Kier molecular flexibility index (Phi) is 6.40. The summed E-state index contributed by atoms with van der Waals surface area (Å²) in [7, 11) is 2.24.